The molecule has 40 heavy (non-hydrogen) atoms. The molecule has 214 valence electrons. The van der Waals surface area contributed by atoms with Gasteiger partial charge in [-0.3, -0.25) is 13.9 Å². The molecule has 0 bridgehead atoms. The number of carboxylic acid groups (broad SMARTS) is 1. The summed E-state index contributed by atoms with van der Waals surface area (Å²) in [6.45, 7) is 2.10. The molecule has 3 aromatic rings. The minimum absolute atomic E-state index is 0.117. The Labute approximate surface area is 235 Å². The van der Waals surface area contributed by atoms with Crippen molar-refractivity contribution in [2.24, 2.45) is 5.41 Å². The molecule has 2 heterocycles. The maximum atomic E-state index is 13.1. The predicted octanol–water partition coefficient (Wildman–Crippen LogP) is 5.62. The first kappa shape index (κ1) is 28.1. The van der Waals surface area contributed by atoms with Gasteiger partial charge in [-0.2, -0.15) is 4.98 Å². The quantitative estimate of drug-likeness (QED) is 0.325. The van der Waals surface area contributed by atoms with Crippen molar-refractivity contribution in [3.05, 3.63) is 47.0 Å². The number of amides is 1. The van der Waals surface area contributed by atoms with Crippen LogP contribution in [0.5, 0.6) is 0 Å². The first-order valence-electron chi connectivity index (χ1n) is 14.0. The van der Waals surface area contributed by atoms with E-state index in [-0.39, 0.29) is 24.1 Å². The van der Waals surface area contributed by atoms with E-state index in [0.717, 1.165) is 55.1 Å². The number of rotatable bonds is 10. The SMILES string of the molecule is CNC(=O)c1c(-c2ccc(C)cc2)oc2nc(N(CCCC3(C(=O)O)CCCC3)S(C)(=O)=O)c(C3CCC3)cc12. The van der Waals surface area contributed by atoms with Gasteiger partial charge in [-0.05, 0) is 63.0 Å². The number of aliphatic carboxylic acids is 1. The van der Waals surface area contributed by atoms with Crippen molar-refractivity contribution < 1.29 is 27.5 Å². The number of furan rings is 1. The van der Waals surface area contributed by atoms with Gasteiger partial charge in [0.25, 0.3) is 5.91 Å². The van der Waals surface area contributed by atoms with Crippen molar-refractivity contribution in [2.75, 3.05) is 24.2 Å². The summed E-state index contributed by atoms with van der Waals surface area (Å²) in [5.74, 6) is -0.297. The van der Waals surface area contributed by atoms with Gasteiger partial charge in [0.05, 0.1) is 22.6 Å². The molecule has 2 saturated carbocycles. The van der Waals surface area contributed by atoms with Crippen LogP contribution in [0.1, 0.15) is 85.2 Å². The zero-order valence-electron chi connectivity index (χ0n) is 23.3. The van der Waals surface area contributed by atoms with Crippen LogP contribution in [0.2, 0.25) is 0 Å². The molecule has 1 amide bonds. The fourth-order valence-corrected chi connectivity index (χ4v) is 7.04. The van der Waals surface area contributed by atoms with E-state index in [4.69, 9.17) is 9.40 Å². The lowest BCUT2D eigenvalue weighted by Gasteiger charge is -2.32. The molecule has 9 nitrogen and oxygen atoms in total. The highest BCUT2D eigenvalue weighted by atomic mass is 32.2. The Bertz CT molecular complexity index is 1530. The number of anilines is 1. The number of aromatic nitrogens is 1. The Morgan fingerprint density at radius 3 is 2.38 bits per heavy atom. The minimum Gasteiger partial charge on any atom is -0.481 e. The van der Waals surface area contributed by atoms with Crippen LogP contribution in [0, 0.1) is 12.3 Å². The van der Waals surface area contributed by atoms with Crippen molar-refractivity contribution in [3.8, 4) is 11.3 Å². The molecule has 0 spiro atoms. The summed E-state index contributed by atoms with van der Waals surface area (Å²) in [6.07, 6.45) is 7.80. The van der Waals surface area contributed by atoms with Crippen LogP contribution in [-0.2, 0) is 14.8 Å². The van der Waals surface area contributed by atoms with Crippen molar-refractivity contribution in [1.29, 1.82) is 0 Å². The van der Waals surface area contributed by atoms with E-state index in [0.29, 0.717) is 48.2 Å². The van der Waals surface area contributed by atoms with Crippen molar-refractivity contribution in [1.82, 2.24) is 10.3 Å². The number of aryl methyl sites for hydroxylation is 1. The normalized spacial score (nSPS) is 17.1. The van der Waals surface area contributed by atoms with Gasteiger partial charge in [-0.1, -0.05) is 49.1 Å². The summed E-state index contributed by atoms with van der Waals surface area (Å²) in [7, 11) is -2.18. The minimum atomic E-state index is -3.74. The van der Waals surface area contributed by atoms with Gasteiger partial charge in [0, 0.05) is 19.2 Å². The number of nitrogens with one attached hydrogen (secondary N) is 1. The lowest BCUT2D eigenvalue weighted by atomic mass is 9.79. The van der Waals surface area contributed by atoms with Crippen LogP contribution in [-0.4, -0.2) is 50.2 Å². The van der Waals surface area contributed by atoms with Crippen molar-refractivity contribution >= 4 is 38.8 Å². The summed E-state index contributed by atoms with van der Waals surface area (Å²) in [5.41, 5.74) is 2.35. The summed E-state index contributed by atoms with van der Waals surface area (Å²) in [6, 6.07) is 9.53. The molecule has 0 radical (unpaired) electrons. The number of nitrogens with zero attached hydrogens (tertiary/aromatic N) is 2. The van der Waals surface area contributed by atoms with Gasteiger partial charge in [-0.15, -0.1) is 0 Å². The van der Waals surface area contributed by atoms with Gasteiger partial charge < -0.3 is 14.8 Å². The third kappa shape index (κ3) is 5.21. The Balaban J connectivity index is 1.60. The molecule has 1 aromatic carbocycles. The first-order chi connectivity index (χ1) is 19.0. The van der Waals surface area contributed by atoms with E-state index < -0.39 is 21.4 Å². The second kappa shape index (κ2) is 10.9. The van der Waals surface area contributed by atoms with Crippen LogP contribution >= 0.6 is 0 Å². The van der Waals surface area contributed by atoms with E-state index in [1.807, 2.05) is 37.3 Å². The average Bonchev–Trinajstić information content (AvgIpc) is 3.50. The zero-order chi connectivity index (χ0) is 28.7. The van der Waals surface area contributed by atoms with Gasteiger partial charge >= 0.3 is 5.97 Å². The van der Waals surface area contributed by atoms with Gasteiger partial charge in [0.2, 0.25) is 15.7 Å². The van der Waals surface area contributed by atoms with E-state index in [9.17, 15) is 23.1 Å². The number of hydrogen-bond donors (Lipinski definition) is 2. The van der Waals surface area contributed by atoms with Gasteiger partial charge in [0.15, 0.2) is 0 Å². The highest BCUT2D eigenvalue weighted by Gasteiger charge is 2.41. The molecule has 5 rings (SSSR count). The topological polar surface area (TPSA) is 130 Å². The Hall–Kier alpha value is -3.40. The second-order valence-electron chi connectivity index (χ2n) is 11.4. The van der Waals surface area contributed by atoms with Gasteiger partial charge in [0.1, 0.15) is 11.6 Å². The molecule has 0 atom stereocenters. The number of fused-ring (bicyclic) bond motifs is 1. The fraction of sp³-hybridized carbons (Fsp3) is 0.500. The summed E-state index contributed by atoms with van der Waals surface area (Å²) in [5, 5.41) is 13.1. The summed E-state index contributed by atoms with van der Waals surface area (Å²) < 4.78 is 33.8. The molecule has 2 aromatic heterocycles. The molecule has 0 unspecified atom stereocenters. The number of carbonyl (C=O) groups excluding carboxylic acids is 1. The first-order valence-corrected chi connectivity index (χ1v) is 15.9. The average molecular weight is 568 g/mol. The van der Waals surface area contributed by atoms with Crippen LogP contribution < -0.4 is 9.62 Å². The molecule has 0 saturated heterocycles. The maximum absolute atomic E-state index is 13.1. The Kier molecular flexibility index (Phi) is 7.65. The van der Waals surface area contributed by atoms with Crippen LogP contribution in [0.15, 0.2) is 34.7 Å². The standard InChI is InChI=1S/C30H37N3O6S/c1-19-10-12-21(13-11-19)25-24(27(34)31-2)23-18-22(20-8-6-9-20)26(32-28(23)39-25)33(40(3,37)38)17-7-16-30(29(35)36)14-4-5-15-30/h10-13,18,20H,4-9,14-17H2,1-3H3,(H,31,34)(H,35,36). The van der Waals surface area contributed by atoms with Gasteiger partial charge in [-0.25, -0.2) is 8.42 Å². The summed E-state index contributed by atoms with van der Waals surface area (Å²) >= 11 is 0. The van der Waals surface area contributed by atoms with Crippen LogP contribution in [0.3, 0.4) is 0 Å². The molecule has 2 fully saturated rings. The van der Waals surface area contributed by atoms with Crippen LogP contribution in [0.25, 0.3) is 22.4 Å². The molecular formula is C30H37N3O6S. The monoisotopic (exact) mass is 567 g/mol. The number of pyridine rings is 1. The van der Waals surface area contributed by atoms with E-state index in [1.54, 1.807) is 7.05 Å². The third-order valence-corrected chi connectivity index (χ3v) is 9.83. The predicted molar refractivity (Wildman–Crippen MR) is 154 cm³/mol. The fourth-order valence-electron chi connectivity index (χ4n) is 6.12. The van der Waals surface area contributed by atoms with E-state index in [2.05, 4.69) is 5.32 Å². The summed E-state index contributed by atoms with van der Waals surface area (Å²) in [4.78, 5) is 29.9. The van der Waals surface area contributed by atoms with Crippen molar-refractivity contribution in [3.63, 3.8) is 0 Å². The third-order valence-electron chi connectivity index (χ3n) is 8.67. The smallest absolute Gasteiger partial charge is 0.309 e. The van der Waals surface area contributed by atoms with Crippen LogP contribution in [0.4, 0.5) is 5.82 Å². The molecule has 10 heteroatoms. The number of hydrogen-bond acceptors (Lipinski definition) is 6. The highest BCUT2D eigenvalue weighted by molar-refractivity contribution is 7.92. The highest BCUT2D eigenvalue weighted by Crippen LogP contribution is 2.45. The molecular weight excluding hydrogens is 530 g/mol. The van der Waals surface area contributed by atoms with E-state index >= 15 is 0 Å². The lowest BCUT2D eigenvalue weighted by molar-refractivity contribution is -0.149. The maximum Gasteiger partial charge on any atom is 0.309 e. The number of sulfonamides is 1. The van der Waals surface area contributed by atoms with Crippen molar-refractivity contribution in [2.45, 2.75) is 70.6 Å². The number of carbonyl (C=O) groups is 2. The Morgan fingerprint density at radius 2 is 1.82 bits per heavy atom. The lowest BCUT2D eigenvalue weighted by Crippen LogP contribution is -2.35. The number of benzene rings is 1. The van der Waals surface area contributed by atoms with E-state index in [1.165, 1.54) is 4.31 Å². The largest absolute Gasteiger partial charge is 0.481 e. The Morgan fingerprint density at radius 1 is 1.15 bits per heavy atom. The zero-order valence-corrected chi connectivity index (χ0v) is 24.1. The molecule has 2 aliphatic carbocycles. The second-order valence-corrected chi connectivity index (χ2v) is 13.3. The molecule has 2 N–H and O–H groups in total. The molecule has 0 aliphatic heterocycles. The number of carboxylic acids is 1. The molecule has 2 aliphatic rings.